The fourth-order valence-corrected chi connectivity index (χ4v) is 5.16. The fourth-order valence-electron chi connectivity index (χ4n) is 3.77. The van der Waals surface area contributed by atoms with E-state index in [0.29, 0.717) is 43.3 Å². The number of ether oxygens (including phenoxy) is 2. The van der Waals surface area contributed by atoms with Crippen molar-refractivity contribution in [3.8, 4) is 11.5 Å². The lowest BCUT2D eigenvalue weighted by molar-refractivity contribution is -0.133. The van der Waals surface area contributed by atoms with Crippen LogP contribution in [0, 0.1) is 5.82 Å². The average Bonchev–Trinajstić information content (AvgIpc) is 2.88. The van der Waals surface area contributed by atoms with Crippen LogP contribution in [0.25, 0.3) is 0 Å². The summed E-state index contributed by atoms with van der Waals surface area (Å²) in [6.07, 6.45) is 0. The van der Waals surface area contributed by atoms with Crippen LogP contribution in [0.3, 0.4) is 0 Å². The van der Waals surface area contributed by atoms with E-state index in [1.165, 1.54) is 31.4 Å². The lowest BCUT2D eigenvalue weighted by Crippen LogP contribution is -2.50. The van der Waals surface area contributed by atoms with Gasteiger partial charge in [-0.3, -0.25) is 9.52 Å². The summed E-state index contributed by atoms with van der Waals surface area (Å²) in [6, 6.07) is 17.0. The Morgan fingerprint density at radius 2 is 1.72 bits per heavy atom. The molecule has 1 heterocycles. The molecule has 0 aliphatic carbocycles. The zero-order chi connectivity index (χ0) is 25.7. The Bertz CT molecular complexity index is 1330. The number of sulfonamides is 1. The molecule has 0 aromatic heterocycles. The maximum atomic E-state index is 14.0. The quantitative estimate of drug-likeness (QED) is 0.470. The number of piperazine rings is 1. The van der Waals surface area contributed by atoms with E-state index < -0.39 is 10.0 Å². The molecule has 11 heteroatoms. The highest BCUT2D eigenvalue weighted by atomic mass is 35.5. The molecule has 0 unspecified atom stereocenters. The number of rotatable bonds is 8. The molecule has 1 aliphatic rings. The second kappa shape index (κ2) is 11.0. The summed E-state index contributed by atoms with van der Waals surface area (Å²) in [5.74, 6) is 0.263. The molecule has 36 heavy (non-hydrogen) atoms. The van der Waals surface area contributed by atoms with Gasteiger partial charge in [0.15, 0.2) is 6.61 Å². The lowest BCUT2D eigenvalue weighted by Gasteiger charge is -2.36. The van der Waals surface area contributed by atoms with Gasteiger partial charge in [-0.2, -0.15) is 0 Å². The minimum absolute atomic E-state index is 0.0498. The zero-order valence-electron chi connectivity index (χ0n) is 19.5. The van der Waals surface area contributed by atoms with Gasteiger partial charge < -0.3 is 19.3 Å². The molecule has 0 radical (unpaired) electrons. The highest BCUT2D eigenvalue weighted by Crippen LogP contribution is 2.29. The molecule has 4 rings (SSSR count). The predicted molar refractivity (Wildman–Crippen MR) is 136 cm³/mol. The average molecular weight is 534 g/mol. The summed E-state index contributed by atoms with van der Waals surface area (Å²) >= 11 is 6.25. The van der Waals surface area contributed by atoms with Crippen LogP contribution < -0.4 is 19.1 Å². The molecule has 1 amide bonds. The number of methoxy groups -OCH3 is 1. The van der Waals surface area contributed by atoms with Gasteiger partial charge in [-0.15, -0.1) is 0 Å². The number of carbonyl (C=O) groups is 1. The van der Waals surface area contributed by atoms with E-state index in [4.69, 9.17) is 21.1 Å². The Kier molecular flexibility index (Phi) is 7.85. The first-order chi connectivity index (χ1) is 17.3. The monoisotopic (exact) mass is 533 g/mol. The van der Waals surface area contributed by atoms with Gasteiger partial charge in [0.05, 0.1) is 22.7 Å². The molecule has 1 aliphatic heterocycles. The first kappa shape index (κ1) is 25.6. The summed E-state index contributed by atoms with van der Waals surface area (Å²) in [5.41, 5.74) is 0.886. The molecule has 1 N–H and O–H groups in total. The van der Waals surface area contributed by atoms with E-state index in [1.54, 1.807) is 47.4 Å². The van der Waals surface area contributed by atoms with E-state index >= 15 is 0 Å². The number of halogens is 2. The van der Waals surface area contributed by atoms with Crippen molar-refractivity contribution in [1.29, 1.82) is 0 Å². The SMILES string of the molecule is COc1ccc(NS(=O)(=O)c2ccc(OCC(=O)N3CCN(c4ccccc4F)CC3)c(Cl)c2)cc1. The molecule has 190 valence electrons. The van der Waals surface area contributed by atoms with Gasteiger partial charge in [0.1, 0.15) is 17.3 Å². The Balaban J connectivity index is 1.32. The molecular weight excluding hydrogens is 509 g/mol. The summed E-state index contributed by atoms with van der Waals surface area (Å²) in [7, 11) is -2.37. The topological polar surface area (TPSA) is 88.2 Å². The Labute approximate surface area is 214 Å². The third kappa shape index (κ3) is 6.00. The van der Waals surface area contributed by atoms with Gasteiger partial charge in [-0.25, -0.2) is 12.8 Å². The van der Waals surface area contributed by atoms with E-state index in [9.17, 15) is 17.6 Å². The van der Waals surface area contributed by atoms with Crippen molar-refractivity contribution >= 4 is 38.9 Å². The molecule has 8 nitrogen and oxygen atoms in total. The number of amides is 1. The highest BCUT2D eigenvalue weighted by Gasteiger charge is 2.23. The molecule has 0 atom stereocenters. The predicted octanol–water partition coefficient (Wildman–Crippen LogP) is 4.02. The van der Waals surface area contributed by atoms with Gasteiger partial charge >= 0.3 is 0 Å². The van der Waals surface area contributed by atoms with Crippen molar-refractivity contribution in [3.63, 3.8) is 0 Å². The lowest BCUT2D eigenvalue weighted by atomic mass is 10.2. The minimum atomic E-state index is -3.89. The molecular formula is C25H25ClFN3O5S. The van der Waals surface area contributed by atoms with Gasteiger partial charge in [0.2, 0.25) is 0 Å². The zero-order valence-corrected chi connectivity index (χ0v) is 21.1. The minimum Gasteiger partial charge on any atom is -0.497 e. The largest absolute Gasteiger partial charge is 0.497 e. The normalized spacial score (nSPS) is 13.9. The van der Waals surface area contributed by atoms with Crippen molar-refractivity contribution in [2.45, 2.75) is 4.90 Å². The fraction of sp³-hybridized carbons (Fsp3) is 0.240. The van der Waals surface area contributed by atoms with Crippen molar-refractivity contribution in [1.82, 2.24) is 4.90 Å². The number of nitrogens with one attached hydrogen (secondary N) is 1. The van der Waals surface area contributed by atoms with Crippen LogP contribution >= 0.6 is 11.6 Å². The second-order valence-electron chi connectivity index (χ2n) is 8.03. The van der Waals surface area contributed by atoms with Crippen LogP contribution in [0.15, 0.2) is 71.6 Å². The molecule has 0 saturated carbocycles. The van der Waals surface area contributed by atoms with E-state index in [-0.39, 0.29) is 34.0 Å². The third-order valence-electron chi connectivity index (χ3n) is 5.73. The van der Waals surface area contributed by atoms with Gasteiger partial charge in [-0.05, 0) is 54.6 Å². The summed E-state index contributed by atoms with van der Waals surface area (Å²) < 4.78 is 52.5. The van der Waals surface area contributed by atoms with Crippen molar-refractivity contribution in [3.05, 3.63) is 77.6 Å². The Morgan fingerprint density at radius 3 is 2.36 bits per heavy atom. The third-order valence-corrected chi connectivity index (χ3v) is 7.41. The molecule has 3 aromatic rings. The van der Waals surface area contributed by atoms with Crippen LogP contribution in [-0.4, -0.2) is 59.1 Å². The highest BCUT2D eigenvalue weighted by molar-refractivity contribution is 7.92. The maximum absolute atomic E-state index is 14.0. The second-order valence-corrected chi connectivity index (χ2v) is 10.1. The summed E-state index contributed by atoms with van der Waals surface area (Å²) in [5, 5.41) is 0.0600. The van der Waals surface area contributed by atoms with Gasteiger partial charge in [0.25, 0.3) is 15.9 Å². The number of benzene rings is 3. The number of anilines is 2. The van der Waals surface area contributed by atoms with Crippen LogP contribution in [0.4, 0.5) is 15.8 Å². The molecule has 0 spiro atoms. The van der Waals surface area contributed by atoms with E-state index in [1.807, 2.05) is 4.90 Å². The molecule has 3 aromatic carbocycles. The van der Waals surface area contributed by atoms with Gasteiger partial charge in [0, 0.05) is 31.9 Å². The number of hydrogen-bond donors (Lipinski definition) is 1. The van der Waals surface area contributed by atoms with Crippen molar-refractivity contribution in [2.24, 2.45) is 0 Å². The smallest absolute Gasteiger partial charge is 0.261 e. The molecule has 0 bridgehead atoms. The van der Waals surface area contributed by atoms with E-state index in [0.717, 1.165) is 0 Å². The number of para-hydroxylation sites is 1. The van der Waals surface area contributed by atoms with Crippen LogP contribution in [-0.2, 0) is 14.8 Å². The van der Waals surface area contributed by atoms with Crippen LogP contribution in [0.5, 0.6) is 11.5 Å². The van der Waals surface area contributed by atoms with Crippen LogP contribution in [0.2, 0.25) is 5.02 Å². The summed E-state index contributed by atoms with van der Waals surface area (Å²) in [6.45, 7) is 1.61. The number of hydrogen-bond acceptors (Lipinski definition) is 6. The molecule has 1 saturated heterocycles. The number of carbonyl (C=O) groups excluding carboxylic acids is 1. The first-order valence-corrected chi connectivity index (χ1v) is 13.0. The van der Waals surface area contributed by atoms with Gasteiger partial charge in [-0.1, -0.05) is 23.7 Å². The Morgan fingerprint density at radius 1 is 1.03 bits per heavy atom. The first-order valence-electron chi connectivity index (χ1n) is 11.1. The Hall–Kier alpha value is -3.50. The number of nitrogens with zero attached hydrogens (tertiary/aromatic N) is 2. The molecule has 1 fully saturated rings. The van der Waals surface area contributed by atoms with Crippen molar-refractivity contribution in [2.75, 3.05) is 49.5 Å². The standard InChI is InChI=1S/C25H25ClFN3O5S/c1-34-19-8-6-18(7-9-19)28-36(32,33)20-10-11-24(21(26)16-20)35-17-25(31)30-14-12-29(13-15-30)23-5-3-2-4-22(23)27/h2-11,16,28H,12-15,17H2,1H3. The van der Waals surface area contributed by atoms with E-state index in [2.05, 4.69) is 4.72 Å². The maximum Gasteiger partial charge on any atom is 0.261 e. The van der Waals surface area contributed by atoms with Crippen LogP contribution in [0.1, 0.15) is 0 Å². The van der Waals surface area contributed by atoms with Crippen molar-refractivity contribution < 1.29 is 27.1 Å². The summed E-state index contributed by atoms with van der Waals surface area (Å²) in [4.78, 5) is 16.1.